The Morgan fingerprint density at radius 2 is 2.24 bits per heavy atom. The second-order valence-electron chi connectivity index (χ2n) is 5.08. The average molecular weight is 323 g/mol. The molecular formula is C14H17N3O2S2. The van der Waals surface area contributed by atoms with Crippen molar-refractivity contribution in [2.75, 3.05) is 12.4 Å². The Labute approximate surface area is 131 Å². The molecule has 0 bridgehead atoms. The van der Waals surface area contributed by atoms with Crippen molar-refractivity contribution in [3.8, 4) is 0 Å². The summed E-state index contributed by atoms with van der Waals surface area (Å²) in [7, 11) is 1.63. The van der Waals surface area contributed by atoms with Crippen LogP contribution in [0.15, 0.2) is 10.9 Å². The molecule has 1 saturated carbocycles. The minimum atomic E-state index is -0.0993. The SMILES string of the molecule is COCc1csc(NC(=O)c2scnc2C2CCCC2)n1. The van der Waals surface area contributed by atoms with Crippen molar-refractivity contribution >= 4 is 33.7 Å². The van der Waals surface area contributed by atoms with E-state index >= 15 is 0 Å². The molecule has 0 aliphatic heterocycles. The van der Waals surface area contributed by atoms with Gasteiger partial charge in [0.15, 0.2) is 5.13 Å². The molecule has 7 heteroatoms. The molecule has 112 valence electrons. The number of nitrogens with one attached hydrogen (secondary N) is 1. The zero-order valence-corrected chi connectivity index (χ0v) is 13.4. The van der Waals surface area contributed by atoms with Gasteiger partial charge in [-0.25, -0.2) is 9.97 Å². The Balaban J connectivity index is 1.71. The molecule has 1 aliphatic carbocycles. The number of hydrogen-bond donors (Lipinski definition) is 1. The van der Waals surface area contributed by atoms with Crippen molar-refractivity contribution in [3.63, 3.8) is 0 Å². The first-order valence-corrected chi connectivity index (χ1v) is 8.72. The van der Waals surface area contributed by atoms with E-state index in [-0.39, 0.29) is 5.91 Å². The maximum absolute atomic E-state index is 12.4. The summed E-state index contributed by atoms with van der Waals surface area (Å²) in [6.45, 7) is 0.459. The van der Waals surface area contributed by atoms with E-state index in [9.17, 15) is 4.79 Å². The summed E-state index contributed by atoms with van der Waals surface area (Å²) in [5.41, 5.74) is 3.56. The lowest BCUT2D eigenvalue weighted by Gasteiger charge is -2.08. The number of amides is 1. The topological polar surface area (TPSA) is 64.1 Å². The number of nitrogens with zero attached hydrogens (tertiary/aromatic N) is 2. The van der Waals surface area contributed by atoms with Crippen molar-refractivity contribution in [3.05, 3.63) is 27.2 Å². The van der Waals surface area contributed by atoms with E-state index < -0.39 is 0 Å². The van der Waals surface area contributed by atoms with E-state index in [1.807, 2.05) is 5.38 Å². The van der Waals surface area contributed by atoms with Crippen molar-refractivity contribution in [1.82, 2.24) is 9.97 Å². The largest absolute Gasteiger partial charge is 0.378 e. The summed E-state index contributed by atoms with van der Waals surface area (Å²) in [6, 6.07) is 0. The highest BCUT2D eigenvalue weighted by Crippen LogP contribution is 2.36. The summed E-state index contributed by atoms with van der Waals surface area (Å²) in [6.07, 6.45) is 4.74. The third-order valence-electron chi connectivity index (χ3n) is 3.61. The summed E-state index contributed by atoms with van der Waals surface area (Å²) in [5.74, 6) is 0.343. The first kappa shape index (κ1) is 14.6. The minimum absolute atomic E-state index is 0.0993. The summed E-state index contributed by atoms with van der Waals surface area (Å²) in [4.78, 5) is 21.9. The van der Waals surface area contributed by atoms with Crippen LogP contribution in [-0.4, -0.2) is 23.0 Å². The third-order valence-corrected chi connectivity index (χ3v) is 5.26. The summed E-state index contributed by atoms with van der Waals surface area (Å²) in [5, 5.41) is 5.37. The minimum Gasteiger partial charge on any atom is -0.378 e. The number of methoxy groups -OCH3 is 1. The first-order valence-electron chi connectivity index (χ1n) is 6.96. The number of hydrogen-bond acceptors (Lipinski definition) is 6. The normalized spacial score (nSPS) is 15.5. The number of thiazole rings is 2. The number of rotatable bonds is 5. The Bertz CT molecular complexity index is 617. The Hall–Kier alpha value is -1.31. The summed E-state index contributed by atoms with van der Waals surface area (Å²) < 4.78 is 5.03. The lowest BCUT2D eigenvalue weighted by molar-refractivity contribution is 0.102. The maximum Gasteiger partial charge on any atom is 0.269 e. The second-order valence-corrected chi connectivity index (χ2v) is 6.79. The monoisotopic (exact) mass is 323 g/mol. The molecule has 0 saturated heterocycles. The predicted molar refractivity (Wildman–Crippen MR) is 84.1 cm³/mol. The van der Waals surface area contributed by atoms with E-state index in [0.717, 1.165) is 29.1 Å². The van der Waals surface area contributed by atoms with Gasteiger partial charge < -0.3 is 4.74 Å². The zero-order chi connectivity index (χ0) is 14.7. The third kappa shape index (κ3) is 3.30. The number of aromatic nitrogens is 2. The molecule has 0 radical (unpaired) electrons. The van der Waals surface area contributed by atoms with Crippen LogP contribution < -0.4 is 5.32 Å². The van der Waals surface area contributed by atoms with Gasteiger partial charge in [0.1, 0.15) is 4.88 Å². The van der Waals surface area contributed by atoms with E-state index in [1.54, 1.807) is 12.6 Å². The van der Waals surface area contributed by atoms with Gasteiger partial charge in [0.25, 0.3) is 5.91 Å². The highest BCUT2D eigenvalue weighted by molar-refractivity contribution is 7.14. The maximum atomic E-state index is 12.4. The molecule has 0 unspecified atom stereocenters. The van der Waals surface area contributed by atoms with Crippen LogP contribution in [0.4, 0.5) is 5.13 Å². The highest BCUT2D eigenvalue weighted by atomic mass is 32.1. The lowest BCUT2D eigenvalue weighted by Crippen LogP contribution is -2.13. The molecule has 0 aromatic carbocycles. The molecule has 1 aliphatic rings. The standard InChI is InChI=1S/C14H17N3O2S2/c1-19-6-10-7-20-14(16-10)17-13(18)12-11(15-8-21-12)9-4-2-3-5-9/h7-9H,2-6H2,1H3,(H,16,17,18). The molecule has 1 amide bonds. The van der Waals surface area contributed by atoms with Crippen LogP contribution in [-0.2, 0) is 11.3 Å². The molecule has 3 rings (SSSR count). The molecular weight excluding hydrogens is 306 g/mol. The van der Waals surface area contributed by atoms with Crippen molar-refractivity contribution < 1.29 is 9.53 Å². The Morgan fingerprint density at radius 3 is 3.00 bits per heavy atom. The van der Waals surface area contributed by atoms with Crippen molar-refractivity contribution in [2.24, 2.45) is 0 Å². The molecule has 5 nitrogen and oxygen atoms in total. The Kier molecular flexibility index (Phi) is 4.62. The van der Waals surface area contributed by atoms with Gasteiger partial charge in [-0.15, -0.1) is 22.7 Å². The first-order chi connectivity index (χ1) is 10.3. The fourth-order valence-corrected chi connectivity index (χ4v) is 4.11. The highest BCUT2D eigenvalue weighted by Gasteiger charge is 2.25. The van der Waals surface area contributed by atoms with Crippen LogP contribution >= 0.6 is 22.7 Å². The zero-order valence-electron chi connectivity index (χ0n) is 11.8. The smallest absolute Gasteiger partial charge is 0.269 e. The van der Waals surface area contributed by atoms with Gasteiger partial charge >= 0.3 is 0 Å². The molecule has 0 atom stereocenters. The van der Waals surface area contributed by atoms with Crippen LogP contribution in [0.25, 0.3) is 0 Å². The second kappa shape index (κ2) is 6.64. The van der Waals surface area contributed by atoms with Gasteiger partial charge in [-0.05, 0) is 12.8 Å². The van der Waals surface area contributed by atoms with Gasteiger partial charge in [0.05, 0.1) is 23.5 Å². The lowest BCUT2D eigenvalue weighted by atomic mass is 10.0. The summed E-state index contributed by atoms with van der Waals surface area (Å²) >= 11 is 2.82. The molecule has 2 aromatic heterocycles. The van der Waals surface area contributed by atoms with Crippen LogP contribution in [0.5, 0.6) is 0 Å². The van der Waals surface area contributed by atoms with Gasteiger partial charge in [0, 0.05) is 18.4 Å². The van der Waals surface area contributed by atoms with E-state index in [4.69, 9.17) is 4.74 Å². The number of carbonyl (C=O) groups excluding carboxylic acids is 1. The molecule has 2 aromatic rings. The number of anilines is 1. The van der Waals surface area contributed by atoms with Crippen LogP contribution in [0.3, 0.4) is 0 Å². The molecule has 2 heterocycles. The van der Waals surface area contributed by atoms with Gasteiger partial charge in [-0.3, -0.25) is 10.1 Å². The molecule has 1 fully saturated rings. The van der Waals surface area contributed by atoms with E-state index in [2.05, 4.69) is 15.3 Å². The number of carbonyl (C=O) groups is 1. The van der Waals surface area contributed by atoms with Gasteiger partial charge in [-0.1, -0.05) is 12.8 Å². The Morgan fingerprint density at radius 1 is 1.43 bits per heavy atom. The quantitative estimate of drug-likeness (QED) is 0.912. The number of ether oxygens (including phenoxy) is 1. The van der Waals surface area contributed by atoms with Crippen LogP contribution in [0.1, 0.15) is 52.7 Å². The van der Waals surface area contributed by atoms with Crippen molar-refractivity contribution in [2.45, 2.75) is 38.2 Å². The van der Waals surface area contributed by atoms with E-state index in [1.165, 1.54) is 35.5 Å². The predicted octanol–water partition coefficient (Wildman–Crippen LogP) is 3.66. The van der Waals surface area contributed by atoms with Crippen molar-refractivity contribution in [1.29, 1.82) is 0 Å². The van der Waals surface area contributed by atoms with Crippen LogP contribution in [0.2, 0.25) is 0 Å². The van der Waals surface area contributed by atoms with Crippen LogP contribution in [0, 0.1) is 0 Å². The fraction of sp³-hybridized carbons (Fsp3) is 0.500. The van der Waals surface area contributed by atoms with E-state index in [0.29, 0.717) is 17.7 Å². The average Bonchev–Trinajstić information content (AvgIpc) is 3.20. The molecule has 0 spiro atoms. The fourth-order valence-electron chi connectivity index (χ4n) is 2.65. The van der Waals surface area contributed by atoms with Gasteiger partial charge in [0.2, 0.25) is 0 Å². The van der Waals surface area contributed by atoms with Gasteiger partial charge in [-0.2, -0.15) is 0 Å². The molecule has 21 heavy (non-hydrogen) atoms. The molecule has 1 N–H and O–H groups in total.